The first-order chi connectivity index (χ1) is 9.02. The molecule has 0 aliphatic carbocycles. The third-order valence-corrected chi connectivity index (χ3v) is 3.26. The van der Waals surface area contributed by atoms with Crippen LogP contribution in [0.4, 0.5) is 5.00 Å². The second-order valence-electron chi connectivity index (χ2n) is 3.91. The van der Waals surface area contributed by atoms with E-state index in [0.717, 1.165) is 22.9 Å². The topological polar surface area (TPSA) is 92.3 Å². The van der Waals surface area contributed by atoms with Crippen molar-refractivity contribution in [2.45, 2.75) is 13.5 Å². The van der Waals surface area contributed by atoms with Crippen molar-refractivity contribution in [1.82, 2.24) is 14.2 Å². The monoisotopic (exact) mass is 282 g/mol. The third-order valence-electron chi connectivity index (χ3n) is 2.60. The average Bonchev–Trinajstić information content (AvgIpc) is 2.90. The molecular formula is C11H14N4O3S. The van der Waals surface area contributed by atoms with Crippen molar-refractivity contribution in [3.63, 3.8) is 0 Å². The van der Waals surface area contributed by atoms with Gasteiger partial charge in [0.15, 0.2) is 5.56 Å². The molecule has 0 saturated heterocycles. The lowest BCUT2D eigenvalue weighted by atomic mass is 10.3. The predicted molar refractivity (Wildman–Crippen MR) is 70.1 cm³/mol. The largest absolute Gasteiger partial charge is 0.470 e. The summed E-state index contributed by atoms with van der Waals surface area (Å²) in [6.45, 7) is 2.16. The minimum atomic E-state index is -0.557. The zero-order valence-corrected chi connectivity index (χ0v) is 11.7. The first kappa shape index (κ1) is 13.3. The van der Waals surface area contributed by atoms with Gasteiger partial charge < -0.3 is 15.2 Å². The lowest BCUT2D eigenvalue weighted by Gasteiger charge is -2.03. The Balaban J connectivity index is 2.13. The van der Waals surface area contributed by atoms with E-state index in [9.17, 15) is 4.79 Å². The number of carbonyl (C=O) groups excluding carboxylic acids is 1. The molecule has 2 aromatic rings. The van der Waals surface area contributed by atoms with E-state index in [4.69, 9.17) is 10.5 Å². The predicted octanol–water partition coefficient (Wildman–Crippen LogP) is 1.13. The van der Waals surface area contributed by atoms with E-state index in [1.165, 1.54) is 7.11 Å². The van der Waals surface area contributed by atoms with Gasteiger partial charge in [0.1, 0.15) is 17.3 Å². The van der Waals surface area contributed by atoms with Crippen LogP contribution in [0.1, 0.15) is 21.7 Å². The molecule has 0 spiro atoms. The van der Waals surface area contributed by atoms with Gasteiger partial charge in [-0.2, -0.15) is 9.47 Å². The van der Waals surface area contributed by atoms with Gasteiger partial charge in [-0.05, 0) is 24.5 Å². The summed E-state index contributed by atoms with van der Waals surface area (Å²) in [7, 11) is 3.13. The highest BCUT2D eigenvalue weighted by Gasteiger charge is 2.21. The fraction of sp³-hybridized carbons (Fsp3) is 0.364. The number of rotatable bonds is 4. The van der Waals surface area contributed by atoms with Crippen LogP contribution in [0.2, 0.25) is 0 Å². The number of aromatic nitrogens is 3. The van der Waals surface area contributed by atoms with Gasteiger partial charge in [0, 0.05) is 12.7 Å². The molecule has 102 valence electrons. The lowest BCUT2D eigenvalue weighted by Crippen LogP contribution is -2.07. The molecule has 0 saturated carbocycles. The molecule has 19 heavy (non-hydrogen) atoms. The molecule has 0 amide bonds. The zero-order valence-electron chi connectivity index (χ0n) is 10.8. The summed E-state index contributed by atoms with van der Waals surface area (Å²) >= 11 is 0.995. The Labute approximate surface area is 114 Å². The maximum atomic E-state index is 11.6. The van der Waals surface area contributed by atoms with Crippen molar-refractivity contribution in [2.75, 3.05) is 12.8 Å². The second kappa shape index (κ2) is 5.27. The van der Waals surface area contributed by atoms with Gasteiger partial charge >= 0.3 is 5.97 Å². The Morgan fingerprint density at radius 2 is 2.32 bits per heavy atom. The minimum Gasteiger partial charge on any atom is -0.470 e. The van der Waals surface area contributed by atoms with E-state index in [0.29, 0.717) is 0 Å². The Morgan fingerprint density at radius 3 is 2.89 bits per heavy atom. The second-order valence-corrected chi connectivity index (χ2v) is 4.71. The molecule has 2 heterocycles. The maximum Gasteiger partial charge on any atom is 0.346 e. The Kier molecular flexibility index (Phi) is 3.70. The van der Waals surface area contributed by atoms with Gasteiger partial charge in [-0.25, -0.2) is 4.79 Å². The van der Waals surface area contributed by atoms with Crippen molar-refractivity contribution < 1.29 is 14.3 Å². The number of hydrogen-bond acceptors (Lipinski definition) is 7. The average molecular weight is 282 g/mol. The molecule has 7 nitrogen and oxygen atoms in total. The SMILES string of the molecule is COC(=O)c1c(OCc2cc(C)n(C)n2)nsc1N. The minimum absolute atomic E-state index is 0.167. The van der Waals surface area contributed by atoms with Gasteiger partial charge in [0.25, 0.3) is 0 Å². The lowest BCUT2D eigenvalue weighted by molar-refractivity contribution is 0.0596. The number of esters is 1. The molecule has 0 unspecified atom stereocenters. The van der Waals surface area contributed by atoms with Crippen molar-refractivity contribution >= 4 is 22.5 Å². The molecule has 0 bridgehead atoms. The maximum absolute atomic E-state index is 11.6. The molecule has 0 aliphatic heterocycles. The van der Waals surface area contributed by atoms with Gasteiger partial charge in [0.05, 0.1) is 7.11 Å². The van der Waals surface area contributed by atoms with Gasteiger partial charge in [-0.1, -0.05) is 0 Å². The number of carbonyl (C=O) groups is 1. The fourth-order valence-corrected chi connectivity index (χ4v) is 2.11. The third kappa shape index (κ3) is 2.68. The standard InChI is InChI=1S/C11H14N4O3S/c1-6-4-7(13-15(6)2)5-18-10-8(11(16)17-3)9(12)19-14-10/h4H,5,12H2,1-3H3. The summed E-state index contributed by atoms with van der Waals surface area (Å²) in [6.07, 6.45) is 0. The number of anilines is 1. The summed E-state index contributed by atoms with van der Waals surface area (Å²) < 4.78 is 15.9. The number of ether oxygens (including phenoxy) is 2. The fourth-order valence-electron chi connectivity index (χ4n) is 1.52. The molecule has 8 heteroatoms. The van der Waals surface area contributed by atoms with Crippen molar-refractivity contribution in [2.24, 2.45) is 7.05 Å². The highest BCUT2D eigenvalue weighted by Crippen LogP contribution is 2.28. The molecule has 2 rings (SSSR count). The molecular weight excluding hydrogens is 268 g/mol. The van der Waals surface area contributed by atoms with Crippen molar-refractivity contribution in [1.29, 1.82) is 0 Å². The molecule has 2 N–H and O–H groups in total. The summed E-state index contributed by atoms with van der Waals surface area (Å²) in [5.74, 6) is -0.379. The highest BCUT2D eigenvalue weighted by molar-refractivity contribution is 7.10. The van der Waals surface area contributed by atoms with E-state index in [1.807, 2.05) is 20.0 Å². The molecule has 2 aromatic heterocycles. The number of nitrogens with zero attached hydrogens (tertiary/aromatic N) is 3. The van der Waals surface area contributed by atoms with Crippen LogP contribution in [0.25, 0.3) is 0 Å². The van der Waals surface area contributed by atoms with E-state index < -0.39 is 5.97 Å². The molecule has 0 atom stereocenters. The summed E-state index contributed by atoms with van der Waals surface area (Å²) in [5, 5.41) is 4.52. The summed E-state index contributed by atoms with van der Waals surface area (Å²) in [4.78, 5) is 11.6. The van der Waals surface area contributed by atoms with Crippen LogP contribution in [0.15, 0.2) is 6.07 Å². The molecule has 0 radical (unpaired) electrons. The Hall–Kier alpha value is -2.09. The van der Waals surface area contributed by atoms with E-state index in [2.05, 4.69) is 14.2 Å². The van der Waals surface area contributed by atoms with Crippen LogP contribution in [-0.4, -0.2) is 27.2 Å². The molecule has 0 aromatic carbocycles. The van der Waals surface area contributed by atoms with E-state index >= 15 is 0 Å². The van der Waals surface area contributed by atoms with E-state index in [1.54, 1.807) is 4.68 Å². The Morgan fingerprint density at radius 1 is 1.58 bits per heavy atom. The van der Waals surface area contributed by atoms with Crippen LogP contribution in [0.5, 0.6) is 5.88 Å². The van der Waals surface area contributed by atoms with Crippen LogP contribution in [-0.2, 0) is 18.4 Å². The van der Waals surface area contributed by atoms with Crippen molar-refractivity contribution in [3.8, 4) is 5.88 Å². The van der Waals surface area contributed by atoms with Gasteiger partial charge in [-0.3, -0.25) is 4.68 Å². The van der Waals surface area contributed by atoms with Crippen LogP contribution < -0.4 is 10.5 Å². The number of hydrogen-bond donors (Lipinski definition) is 1. The molecule has 0 aliphatic rings. The first-order valence-electron chi connectivity index (χ1n) is 5.48. The first-order valence-corrected chi connectivity index (χ1v) is 6.26. The van der Waals surface area contributed by atoms with Crippen LogP contribution >= 0.6 is 11.5 Å². The number of nitrogen functional groups attached to an aromatic ring is 1. The summed E-state index contributed by atoms with van der Waals surface area (Å²) in [6, 6.07) is 1.90. The number of aryl methyl sites for hydroxylation is 2. The van der Waals surface area contributed by atoms with Gasteiger partial charge in [-0.15, -0.1) is 0 Å². The smallest absolute Gasteiger partial charge is 0.346 e. The highest BCUT2D eigenvalue weighted by atomic mass is 32.1. The quantitative estimate of drug-likeness (QED) is 0.845. The zero-order chi connectivity index (χ0) is 14.0. The number of nitrogens with two attached hydrogens (primary N) is 1. The van der Waals surface area contributed by atoms with Crippen LogP contribution in [0.3, 0.4) is 0 Å². The van der Waals surface area contributed by atoms with Gasteiger partial charge in [0.2, 0.25) is 5.88 Å². The normalized spacial score (nSPS) is 10.5. The van der Waals surface area contributed by atoms with E-state index in [-0.39, 0.29) is 23.1 Å². The summed E-state index contributed by atoms with van der Waals surface area (Å²) in [5.41, 5.74) is 7.61. The number of methoxy groups -OCH3 is 1. The van der Waals surface area contributed by atoms with Crippen LogP contribution in [0, 0.1) is 6.92 Å². The Bertz CT molecular complexity index is 586. The van der Waals surface area contributed by atoms with Crippen molar-refractivity contribution in [3.05, 3.63) is 23.0 Å². The molecule has 0 fully saturated rings.